The number of nitrogens with zero attached hydrogens (tertiary/aromatic N) is 2. The van der Waals surface area contributed by atoms with Gasteiger partial charge in [-0.2, -0.15) is 0 Å². The van der Waals surface area contributed by atoms with Crippen molar-refractivity contribution in [2.75, 3.05) is 6.26 Å². The van der Waals surface area contributed by atoms with Crippen LogP contribution in [0.25, 0.3) is 10.8 Å². The molecule has 0 radical (unpaired) electrons. The van der Waals surface area contributed by atoms with E-state index in [-0.39, 0.29) is 41.9 Å². The maximum Gasteiger partial charge on any atom is 0.286 e. The van der Waals surface area contributed by atoms with E-state index in [1.54, 1.807) is 6.26 Å². The zero-order chi connectivity index (χ0) is 26.4. The standard InChI is InChI=1S/C28H34N4O4S/c1-17(2)15-23(25(34)27-31-32-28(36-27)37-3)30-26(35)21-13-6-7-14-22(21)29-24(33)16-19-11-8-10-18-9-4-5-12-20(18)19/h4-5,8-12,17,21-23H,6-7,13-16H2,1-3H3,(H,29,33)(H,30,35)/t21-,22+,23+/m1/s1. The molecule has 2 aromatic carbocycles. The van der Waals surface area contributed by atoms with Crippen molar-refractivity contribution in [3.8, 4) is 0 Å². The number of carbonyl (C=O) groups excluding carboxylic acids is 3. The van der Waals surface area contributed by atoms with Gasteiger partial charge in [0.05, 0.1) is 18.4 Å². The van der Waals surface area contributed by atoms with E-state index in [0.29, 0.717) is 18.1 Å². The van der Waals surface area contributed by atoms with Crippen molar-refractivity contribution < 1.29 is 18.8 Å². The lowest BCUT2D eigenvalue weighted by molar-refractivity contribution is -0.128. The molecule has 37 heavy (non-hydrogen) atoms. The highest BCUT2D eigenvalue weighted by Gasteiger charge is 2.35. The summed E-state index contributed by atoms with van der Waals surface area (Å²) in [6.07, 6.45) is 5.71. The summed E-state index contributed by atoms with van der Waals surface area (Å²) in [5, 5.41) is 16.2. The van der Waals surface area contributed by atoms with Crippen LogP contribution in [-0.2, 0) is 16.0 Å². The molecule has 196 valence electrons. The SMILES string of the molecule is CSc1nnc(C(=O)[C@H](CC(C)C)NC(=O)[C@@H]2CCCC[C@@H]2NC(=O)Cc2cccc3ccccc23)o1. The van der Waals surface area contributed by atoms with Gasteiger partial charge in [0.1, 0.15) is 0 Å². The third-order valence-corrected chi connectivity index (χ3v) is 7.33. The fourth-order valence-corrected chi connectivity index (χ4v) is 5.30. The number of carbonyl (C=O) groups is 3. The number of thioether (sulfide) groups is 1. The van der Waals surface area contributed by atoms with E-state index in [4.69, 9.17) is 4.42 Å². The molecule has 9 heteroatoms. The Morgan fingerprint density at radius 3 is 2.57 bits per heavy atom. The molecule has 1 aromatic heterocycles. The number of ketones is 1. The van der Waals surface area contributed by atoms with E-state index >= 15 is 0 Å². The Balaban J connectivity index is 1.44. The van der Waals surface area contributed by atoms with Gasteiger partial charge in [0.2, 0.25) is 17.6 Å². The van der Waals surface area contributed by atoms with Gasteiger partial charge in [-0.3, -0.25) is 14.4 Å². The second kappa shape index (κ2) is 12.4. The number of amides is 2. The Morgan fingerprint density at radius 2 is 1.81 bits per heavy atom. The van der Waals surface area contributed by atoms with E-state index in [1.807, 2.05) is 56.3 Å². The zero-order valence-corrected chi connectivity index (χ0v) is 22.3. The summed E-state index contributed by atoms with van der Waals surface area (Å²) in [5.74, 6) is -1.05. The number of benzene rings is 2. The van der Waals surface area contributed by atoms with Crippen molar-refractivity contribution in [2.24, 2.45) is 11.8 Å². The van der Waals surface area contributed by atoms with Gasteiger partial charge in [-0.05, 0) is 47.8 Å². The van der Waals surface area contributed by atoms with Gasteiger partial charge in [0.15, 0.2) is 0 Å². The summed E-state index contributed by atoms with van der Waals surface area (Å²) >= 11 is 1.26. The Morgan fingerprint density at radius 1 is 1.05 bits per heavy atom. The summed E-state index contributed by atoms with van der Waals surface area (Å²) in [5.41, 5.74) is 0.958. The van der Waals surface area contributed by atoms with Crippen LogP contribution in [0.4, 0.5) is 0 Å². The first-order valence-corrected chi connectivity index (χ1v) is 14.1. The summed E-state index contributed by atoms with van der Waals surface area (Å²) in [6, 6.07) is 12.9. The average Bonchev–Trinajstić information content (AvgIpc) is 3.37. The molecular formula is C28H34N4O4S. The first kappa shape index (κ1) is 26.9. The van der Waals surface area contributed by atoms with Crippen LogP contribution < -0.4 is 10.6 Å². The van der Waals surface area contributed by atoms with Crippen molar-refractivity contribution >= 4 is 40.1 Å². The molecule has 1 heterocycles. The Labute approximate surface area is 221 Å². The number of hydrogen-bond acceptors (Lipinski definition) is 7. The first-order chi connectivity index (χ1) is 17.9. The monoisotopic (exact) mass is 522 g/mol. The highest BCUT2D eigenvalue weighted by Crippen LogP contribution is 2.26. The van der Waals surface area contributed by atoms with Crippen LogP contribution in [0.15, 0.2) is 52.1 Å². The Kier molecular flexibility index (Phi) is 8.97. The van der Waals surface area contributed by atoms with Crippen molar-refractivity contribution in [1.29, 1.82) is 0 Å². The second-order valence-corrected chi connectivity index (χ2v) is 10.8. The number of rotatable bonds is 10. The van der Waals surface area contributed by atoms with Gasteiger partial charge in [-0.1, -0.05) is 80.9 Å². The molecule has 3 aromatic rings. The number of aromatic nitrogens is 2. The van der Waals surface area contributed by atoms with Crippen molar-refractivity contribution in [3.05, 3.63) is 53.9 Å². The second-order valence-electron chi connectivity index (χ2n) is 10.0. The smallest absolute Gasteiger partial charge is 0.286 e. The molecule has 1 fully saturated rings. The molecule has 0 spiro atoms. The summed E-state index contributed by atoms with van der Waals surface area (Å²) in [7, 11) is 0. The number of fused-ring (bicyclic) bond motifs is 1. The van der Waals surface area contributed by atoms with Gasteiger partial charge in [-0.25, -0.2) is 0 Å². The highest BCUT2D eigenvalue weighted by atomic mass is 32.2. The minimum atomic E-state index is -0.767. The molecule has 1 saturated carbocycles. The van der Waals surface area contributed by atoms with Gasteiger partial charge >= 0.3 is 0 Å². The molecule has 8 nitrogen and oxygen atoms in total. The van der Waals surface area contributed by atoms with Crippen LogP contribution >= 0.6 is 11.8 Å². The van der Waals surface area contributed by atoms with E-state index in [2.05, 4.69) is 20.8 Å². The molecule has 0 aliphatic heterocycles. The van der Waals surface area contributed by atoms with E-state index < -0.39 is 12.0 Å². The van der Waals surface area contributed by atoms with Crippen LogP contribution in [0.1, 0.15) is 62.2 Å². The first-order valence-electron chi connectivity index (χ1n) is 12.8. The molecular weight excluding hydrogens is 488 g/mol. The predicted octanol–water partition coefficient (Wildman–Crippen LogP) is 4.58. The highest BCUT2D eigenvalue weighted by molar-refractivity contribution is 7.98. The molecule has 0 unspecified atom stereocenters. The Bertz CT molecular complexity index is 1250. The van der Waals surface area contributed by atoms with Crippen LogP contribution in [-0.4, -0.2) is 46.1 Å². The van der Waals surface area contributed by atoms with Crippen LogP contribution in [0.2, 0.25) is 0 Å². The minimum absolute atomic E-state index is 0.0983. The van der Waals surface area contributed by atoms with Gasteiger partial charge in [0.25, 0.3) is 11.1 Å². The van der Waals surface area contributed by atoms with E-state index in [0.717, 1.165) is 35.6 Å². The lowest BCUT2D eigenvalue weighted by atomic mass is 9.83. The molecule has 1 aliphatic carbocycles. The van der Waals surface area contributed by atoms with Gasteiger partial charge in [0, 0.05) is 6.04 Å². The maximum absolute atomic E-state index is 13.4. The third-order valence-electron chi connectivity index (χ3n) is 6.81. The number of Topliss-reactive ketones (excluding diaryl/α,β-unsaturated/α-hetero) is 1. The van der Waals surface area contributed by atoms with E-state index in [9.17, 15) is 14.4 Å². The molecule has 1 aliphatic rings. The summed E-state index contributed by atoms with van der Waals surface area (Å²) < 4.78 is 5.43. The molecule has 0 bridgehead atoms. The van der Waals surface area contributed by atoms with Crippen LogP contribution in [0.3, 0.4) is 0 Å². The summed E-state index contributed by atoms with van der Waals surface area (Å²) in [4.78, 5) is 39.6. The largest absolute Gasteiger partial charge is 0.408 e. The number of hydrogen-bond donors (Lipinski definition) is 2. The predicted molar refractivity (Wildman–Crippen MR) is 143 cm³/mol. The molecule has 3 atom stereocenters. The molecule has 2 N–H and O–H groups in total. The van der Waals surface area contributed by atoms with Crippen LogP contribution in [0.5, 0.6) is 0 Å². The topological polar surface area (TPSA) is 114 Å². The van der Waals surface area contributed by atoms with Gasteiger partial charge < -0.3 is 15.1 Å². The lowest BCUT2D eigenvalue weighted by Gasteiger charge is -2.32. The lowest BCUT2D eigenvalue weighted by Crippen LogP contribution is -2.52. The third kappa shape index (κ3) is 6.77. The summed E-state index contributed by atoms with van der Waals surface area (Å²) in [6.45, 7) is 3.98. The van der Waals surface area contributed by atoms with Crippen molar-refractivity contribution in [3.63, 3.8) is 0 Å². The Hall–Kier alpha value is -3.20. The fraction of sp³-hybridized carbons (Fsp3) is 0.464. The van der Waals surface area contributed by atoms with Gasteiger partial charge in [-0.15, -0.1) is 10.2 Å². The molecule has 4 rings (SSSR count). The minimum Gasteiger partial charge on any atom is -0.408 e. The van der Waals surface area contributed by atoms with Crippen molar-refractivity contribution in [1.82, 2.24) is 20.8 Å². The fourth-order valence-electron chi connectivity index (χ4n) is 5.02. The average molecular weight is 523 g/mol. The molecule has 2 amide bonds. The quantitative estimate of drug-likeness (QED) is 0.296. The maximum atomic E-state index is 13.4. The number of nitrogens with one attached hydrogen (secondary N) is 2. The van der Waals surface area contributed by atoms with E-state index in [1.165, 1.54) is 11.8 Å². The zero-order valence-electron chi connectivity index (χ0n) is 21.5. The van der Waals surface area contributed by atoms with Crippen molar-refractivity contribution in [2.45, 2.75) is 69.7 Å². The van der Waals surface area contributed by atoms with Crippen LogP contribution in [0, 0.1) is 11.8 Å². The molecule has 0 saturated heterocycles. The normalized spacial score (nSPS) is 18.5.